The van der Waals surface area contributed by atoms with Crippen molar-refractivity contribution in [2.45, 2.75) is 79.5 Å². The first-order chi connectivity index (χ1) is 23.5. The highest BCUT2D eigenvalue weighted by atomic mass is 32.2. The fourth-order valence-electron chi connectivity index (χ4n) is 5.38. The van der Waals surface area contributed by atoms with Crippen LogP contribution in [0.5, 0.6) is 0 Å². The average molecular weight is 708 g/mol. The van der Waals surface area contributed by atoms with E-state index in [9.17, 15) is 24.0 Å². The normalized spacial score (nSPS) is 26.8. The third-order valence-electron chi connectivity index (χ3n) is 7.99. The topological polar surface area (TPSA) is 143 Å². The molecule has 0 aliphatic carbocycles. The molecule has 2 heterocycles. The fourth-order valence-corrected chi connectivity index (χ4v) is 7.48. The van der Waals surface area contributed by atoms with E-state index in [1.165, 1.54) is 11.8 Å². The highest BCUT2D eigenvalue weighted by molar-refractivity contribution is 8.00. The summed E-state index contributed by atoms with van der Waals surface area (Å²) in [5, 5.41) is 9.93. The van der Waals surface area contributed by atoms with Crippen LogP contribution in [-0.2, 0) is 30.3 Å². The summed E-state index contributed by atoms with van der Waals surface area (Å²) >= 11 is -0.356. The molecule has 6 unspecified atom stereocenters. The van der Waals surface area contributed by atoms with E-state index >= 15 is 0 Å². The molecule has 2 bridgehead atoms. The molecule has 3 aromatic rings. The number of thioether (sulfide) groups is 1. The molecule has 5 rings (SSSR count). The van der Waals surface area contributed by atoms with E-state index in [0.29, 0.717) is 12.8 Å². The van der Waals surface area contributed by atoms with Crippen LogP contribution in [0.3, 0.4) is 0 Å². The van der Waals surface area contributed by atoms with Crippen LogP contribution in [0.4, 0.5) is 0 Å². The Morgan fingerprint density at radius 3 is 1.69 bits per heavy atom. The van der Waals surface area contributed by atoms with Crippen molar-refractivity contribution in [3.63, 3.8) is 0 Å². The zero-order chi connectivity index (χ0) is 35.0. The lowest BCUT2D eigenvalue weighted by Crippen LogP contribution is -2.66. The van der Waals surface area contributed by atoms with Crippen molar-refractivity contribution in [1.82, 2.24) is 4.72 Å². The number of ether oxygens (including phenoxy) is 4. The molecule has 3 aromatic carbocycles. The van der Waals surface area contributed by atoms with Crippen LogP contribution in [0.15, 0.2) is 103 Å². The van der Waals surface area contributed by atoms with Gasteiger partial charge < -0.3 is 28.6 Å². The van der Waals surface area contributed by atoms with Crippen molar-refractivity contribution >= 4 is 41.0 Å². The second-order valence-corrected chi connectivity index (χ2v) is 16.1. The molecule has 10 nitrogen and oxygen atoms in total. The van der Waals surface area contributed by atoms with E-state index in [0.717, 1.165) is 0 Å². The summed E-state index contributed by atoms with van der Waals surface area (Å²) in [4.78, 5) is 41.1. The van der Waals surface area contributed by atoms with Crippen LogP contribution in [0.25, 0.3) is 0 Å². The van der Waals surface area contributed by atoms with E-state index in [4.69, 9.17) is 18.9 Å². The van der Waals surface area contributed by atoms with Crippen LogP contribution in [-0.4, -0.2) is 80.1 Å². The average Bonchev–Trinajstić information content (AvgIpc) is 3.11. The zero-order valence-electron chi connectivity index (χ0n) is 27.5. The summed E-state index contributed by atoms with van der Waals surface area (Å²) in [7, 11) is 0. The Morgan fingerprint density at radius 2 is 1.22 bits per heavy atom. The van der Waals surface area contributed by atoms with Crippen molar-refractivity contribution < 1.29 is 43.0 Å². The number of esters is 3. The van der Waals surface area contributed by atoms with Gasteiger partial charge in [-0.15, -0.1) is 16.5 Å². The van der Waals surface area contributed by atoms with Crippen molar-refractivity contribution in [3.8, 4) is 0 Å². The number of nitrogens with one attached hydrogen (secondary N) is 1. The second-order valence-electron chi connectivity index (χ2n) is 12.7. The predicted octanol–water partition coefficient (Wildman–Crippen LogP) is 5.25. The molecule has 2 N–H and O–H groups in total. The summed E-state index contributed by atoms with van der Waals surface area (Å²) in [5.74, 6) is -2.15. The number of aliphatic hydroxyl groups is 1. The van der Waals surface area contributed by atoms with Crippen LogP contribution in [0.1, 0.15) is 64.7 Å². The number of hydrogen-bond acceptors (Lipinski definition) is 11. The van der Waals surface area contributed by atoms with Gasteiger partial charge in [-0.1, -0.05) is 66.7 Å². The number of allylic oxidation sites excluding steroid dienone is 1. The van der Waals surface area contributed by atoms with Crippen molar-refractivity contribution in [2.75, 3.05) is 6.61 Å². The first-order valence-electron chi connectivity index (χ1n) is 16.1. The SMILES string of the molecule is CC(C)(C)[S@@+]([O-])N[C@@H]1C/C=C\CC(CO)SC2OC1C(OC(=O)c1ccccc1)C(OC(=O)c1ccccc1)C2OC(=O)c1ccccc1. The lowest BCUT2D eigenvalue weighted by Gasteiger charge is -2.47. The Balaban J connectivity index is 1.63. The van der Waals surface area contributed by atoms with Crippen LogP contribution in [0.2, 0.25) is 0 Å². The van der Waals surface area contributed by atoms with Gasteiger partial charge in [0.05, 0.1) is 29.3 Å². The van der Waals surface area contributed by atoms with E-state index < -0.39 is 69.9 Å². The molecule has 1 saturated heterocycles. The van der Waals surface area contributed by atoms with Crippen molar-refractivity contribution in [2.24, 2.45) is 0 Å². The first-order valence-corrected chi connectivity index (χ1v) is 18.2. The minimum atomic E-state index is -1.58. The Labute approximate surface area is 293 Å². The van der Waals surface area contributed by atoms with Crippen molar-refractivity contribution in [1.29, 1.82) is 0 Å². The van der Waals surface area contributed by atoms with Gasteiger partial charge >= 0.3 is 17.9 Å². The molecule has 0 radical (unpaired) electrons. The molecule has 0 spiro atoms. The predicted molar refractivity (Wildman–Crippen MR) is 187 cm³/mol. The molecule has 2 aliphatic heterocycles. The van der Waals surface area contributed by atoms with Crippen molar-refractivity contribution in [3.05, 3.63) is 120 Å². The summed E-state index contributed by atoms with van der Waals surface area (Å²) in [6, 6.07) is 24.3. The third kappa shape index (κ3) is 9.53. The first kappa shape index (κ1) is 36.6. The van der Waals surface area contributed by atoms with E-state index in [-0.39, 0.29) is 28.5 Å². The van der Waals surface area contributed by atoms with Crippen LogP contribution >= 0.6 is 11.8 Å². The molecule has 0 saturated carbocycles. The number of carbonyl (C=O) groups excluding carboxylic acids is 3. The number of fused-ring (bicyclic) bond motifs is 2. The van der Waals surface area contributed by atoms with Crippen LogP contribution in [0, 0.1) is 0 Å². The van der Waals surface area contributed by atoms with Gasteiger partial charge in [-0.3, -0.25) is 0 Å². The maximum atomic E-state index is 13.8. The molecular weight excluding hydrogens is 667 g/mol. The van der Waals surface area contributed by atoms with Gasteiger partial charge in [0.1, 0.15) is 16.3 Å². The molecule has 260 valence electrons. The summed E-state index contributed by atoms with van der Waals surface area (Å²) < 4.78 is 41.3. The Kier molecular flexibility index (Phi) is 12.6. The largest absolute Gasteiger partial charge is 0.598 e. The molecule has 49 heavy (non-hydrogen) atoms. The monoisotopic (exact) mass is 707 g/mol. The minimum absolute atomic E-state index is 0.213. The van der Waals surface area contributed by atoms with E-state index in [2.05, 4.69) is 4.72 Å². The Morgan fingerprint density at radius 1 is 0.776 bits per heavy atom. The lowest BCUT2D eigenvalue weighted by atomic mass is 9.92. The number of hydrogen-bond donors (Lipinski definition) is 2. The smallest absolute Gasteiger partial charge is 0.338 e. The molecule has 12 heteroatoms. The number of benzene rings is 3. The van der Waals surface area contributed by atoms with E-state index in [1.54, 1.807) is 91.0 Å². The second kappa shape index (κ2) is 16.8. The Hall–Kier alpha value is -3.65. The summed E-state index contributed by atoms with van der Waals surface area (Å²) in [6.45, 7) is 5.27. The maximum Gasteiger partial charge on any atom is 0.338 e. The number of rotatable bonds is 9. The summed E-state index contributed by atoms with van der Waals surface area (Å²) in [5.41, 5.74) is -0.263. The van der Waals surface area contributed by atoms with Gasteiger partial charge in [-0.05, 0) is 70.0 Å². The van der Waals surface area contributed by atoms with Gasteiger partial charge in [0.25, 0.3) is 0 Å². The fraction of sp³-hybridized carbons (Fsp3) is 0.378. The summed E-state index contributed by atoms with van der Waals surface area (Å²) in [6.07, 6.45) is -0.462. The third-order valence-corrected chi connectivity index (χ3v) is 11.0. The van der Waals surface area contributed by atoms with Gasteiger partial charge in [-0.2, -0.15) is 0 Å². The standard InChI is InChI=1S/C37H41NO9S2/c1-37(2,3)49(43)38-28-22-14-13-21-27(23-39)48-36-32(46-35(42)26-19-11-6-12-20-26)31(45-34(41)25-17-9-5-10-18-25)30(29(28)47-36)44-33(40)24-15-7-4-8-16-24/h4-20,27-32,36,38-39H,21-23H2,1-3H3/b14-13-/t27?,28-,29?,30?,31?,32?,36?,49-/m1/s1. The highest BCUT2D eigenvalue weighted by Crippen LogP contribution is 2.40. The number of aliphatic hydroxyl groups excluding tert-OH is 1. The number of carbonyl (C=O) groups is 3. The molecular formula is C37H41NO9S2. The lowest BCUT2D eigenvalue weighted by molar-refractivity contribution is -0.205. The van der Waals surface area contributed by atoms with Gasteiger partial charge in [-0.25, -0.2) is 14.4 Å². The molecule has 2 aliphatic rings. The van der Waals surface area contributed by atoms with Gasteiger partial charge in [0, 0.05) is 16.6 Å². The van der Waals surface area contributed by atoms with E-state index in [1.807, 2.05) is 32.9 Å². The zero-order valence-corrected chi connectivity index (χ0v) is 29.1. The van der Waals surface area contributed by atoms with Gasteiger partial charge in [0.15, 0.2) is 18.3 Å². The molecule has 8 atom stereocenters. The highest BCUT2D eigenvalue weighted by Gasteiger charge is 2.56. The molecule has 1 fully saturated rings. The minimum Gasteiger partial charge on any atom is -0.598 e. The maximum absolute atomic E-state index is 13.8. The van der Waals surface area contributed by atoms with Gasteiger partial charge in [0.2, 0.25) is 0 Å². The molecule has 0 amide bonds. The quantitative estimate of drug-likeness (QED) is 0.130. The molecule has 0 aromatic heterocycles. The van der Waals surface area contributed by atoms with Crippen LogP contribution < -0.4 is 4.72 Å². The Bertz CT molecular complexity index is 1570.